The average molecular weight is 520 g/mol. The lowest BCUT2D eigenvalue weighted by molar-refractivity contribution is -0.116. The molecule has 2 amide bonds. The normalized spacial score (nSPS) is 10.3. The maximum Gasteiger partial charge on any atom is 0.257 e. The first-order valence-electron chi connectivity index (χ1n) is 10.9. The summed E-state index contributed by atoms with van der Waals surface area (Å²) < 4.78 is 6.50. The average Bonchev–Trinajstić information content (AvgIpc) is 2.74. The van der Waals surface area contributed by atoms with Crippen LogP contribution in [0.3, 0.4) is 0 Å². The van der Waals surface area contributed by atoms with E-state index in [1.165, 1.54) is 12.8 Å². The van der Waals surface area contributed by atoms with Crippen LogP contribution in [0, 0.1) is 0 Å². The smallest absolute Gasteiger partial charge is 0.257 e. The fourth-order valence-corrected chi connectivity index (χ4v) is 3.64. The van der Waals surface area contributed by atoms with Crippen LogP contribution in [0.2, 0.25) is 0 Å². The Morgan fingerprint density at radius 3 is 2.41 bits per heavy atom. The maximum absolute atomic E-state index is 12.6. The number of anilines is 2. The topological polar surface area (TPSA) is 79.5 Å². The van der Waals surface area contributed by atoms with Crippen molar-refractivity contribution >= 4 is 56.4 Å². The summed E-state index contributed by atoms with van der Waals surface area (Å²) in [5.41, 5.74) is 1.79. The molecule has 2 aromatic carbocycles. The summed E-state index contributed by atoms with van der Waals surface area (Å²) in [6.45, 7) is 4.77. The first-order valence-corrected chi connectivity index (χ1v) is 12.1. The first kappa shape index (κ1) is 25.8. The molecule has 0 aliphatic carbocycles. The van der Waals surface area contributed by atoms with Crippen LogP contribution in [0.5, 0.6) is 5.75 Å². The molecule has 0 heterocycles. The number of hydrogen-bond donors (Lipinski definition) is 3. The standard InChI is InChI=1S/C24H30BrN3O3S/c1-3-5-6-7-14-31-21-13-12-17(15-20(21)25)23(30)28-24(32)27-19-11-8-10-18(16-19)26-22(29)9-4-2/h8,10-13,15-16H,3-7,9,14H2,1-2H3,(H,26,29)(H2,27,28,30,32). The predicted molar refractivity (Wildman–Crippen MR) is 137 cm³/mol. The highest BCUT2D eigenvalue weighted by atomic mass is 79.9. The van der Waals surface area contributed by atoms with E-state index < -0.39 is 0 Å². The minimum absolute atomic E-state index is 0.0421. The second-order valence-corrected chi connectivity index (χ2v) is 8.60. The third kappa shape index (κ3) is 8.96. The molecule has 0 aliphatic heterocycles. The van der Waals surface area contributed by atoms with Crippen molar-refractivity contribution in [3.8, 4) is 5.75 Å². The minimum Gasteiger partial charge on any atom is -0.492 e. The van der Waals surface area contributed by atoms with Crippen LogP contribution in [-0.4, -0.2) is 23.5 Å². The van der Waals surface area contributed by atoms with Gasteiger partial charge in [0.05, 0.1) is 11.1 Å². The van der Waals surface area contributed by atoms with Crippen LogP contribution < -0.4 is 20.7 Å². The Hall–Kier alpha value is -2.45. The molecule has 8 heteroatoms. The maximum atomic E-state index is 12.6. The Bertz CT molecular complexity index is 936. The van der Waals surface area contributed by atoms with Crippen LogP contribution in [0.4, 0.5) is 11.4 Å². The van der Waals surface area contributed by atoms with E-state index in [4.69, 9.17) is 17.0 Å². The van der Waals surface area contributed by atoms with Crippen molar-refractivity contribution < 1.29 is 14.3 Å². The van der Waals surface area contributed by atoms with E-state index in [2.05, 4.69) is 38.8 Å². The molecule has 0 fully saturated rings. The van der Waals surface area contributed by atoms with E-state index in [0.29, 0.717) is 35.7 Å². The number of rotatable bonds is 11. The van der Waals surface area contributed by atoms with Crippen LogP contribution in [0.25, 0.3) is 0 Å². The molecule has 0 saturated heterocycles. The van der Waals surface area contributed by atoms with E-state index in [1.54, 1.807) is 42.5 Å². The number of thiocarbonyl (C=S) groups is 1. The van der Waals surface area contributed by atoms with Gasteiger partial charge in [-0.3, -0.25) is 14.9 Å². The molecule has 0 aliphatic rings. The van der Waals surface area contributed by atoms with Gasteiger partial charge in [0, 0.05) is 23.4 Å². The van der Waals surface area contributed by atoms with E-state index in [-0.39, 0.29) is 16.9 Å². The minimum atomic E-state index is -0.329. The summed E-state index contributed by atoms with van der Waals surface area (Å²) in [6, 6.07) is 12.3. The highest BCUT2D eigenvalue weighted by Crippen LogP contribution is 2.26. The highest BCUT2D eigenvalue weighted by molar-refractivity contribution is 9.10. The molecule has 0 bridgehead atoms. The summed E-state index contributed by atoms with van der Waals surface area (Å²) in [6.07, 6.45) is 5.78. The zero-order chi connectivity index (χ0) is 23.3. The van der Waals surface area contributed by atoms with E-state index in [1.807, 2.05) is 6.92 Å². The van der Waals surface area contributed by atoms with Gasteiger partial charge >= 0.3 is 0 Å². The van der Waals surface area contributed by atoms with Gasteiger partial charge in [-0.1, -0.05) is 39.2 Å². The molecular formula is C24H30BrN3O3S. The zero-order valence-electron chi connectivity index (χ0n) is 18.5. The molecule has 0 aromatic heterocycles. The Kier molecular flexibility index (Phi) is 11.2. The van der Waals surface area contributed by atoms with Gasteiger partial charge in [-0.05, 0) is 77.4 Å². The Labute approximate surface area is 203 Å². The van der Waals surface area contributed by atoms with Crippen molar-refractivity contribution in [2.75, 3.05) is 17.2 Å². The second kappa shape index (κ2) is 13.9. The van der Waals surface area contributed by atoms with E-state index >= 15 is 0 Å². The third-order valence-corrected chi connectivity index (χ3v) is 5.38. The summed E-state index contributed by atoms with van der Waals surface area (Å²) >= 11 is 8.74. The number of carbonyl (C=O) groups is 2. The molecular weight excluding hydrogens is 490 g/mol. The third-order valence-electron chi connectivity index (χ3n) is 4.56. The van der Waals surface area contributed by atoms with Gasteiger partial charge in [0.1, 0.15) is 5.75 Å². The predicted octanol–water partition coefficient (Wildman–Crippen LogP) is 6.27. The number of unbranched alkanes of at least 4 members (excludes halogenated alkanes) is 3. The molecule has 6 nitrogen and oxygen atoms in total. The van der Waals surface area contributed by atoms with Crippen LogP contribution in [0.15, 0.2) is 46.9 Å². The molecule has 3 N–H and O–H groups in total. The fourth-order valence-electron chi connectivity index (χ4n) is 2.93. The molecule has 32 heavy (non-hydrogen) atoms. The molecule has 0 unspecified atom stereocenters. The van der Waals surface area contributed by atoms with Crippen LogP contribution >= 0.6 is 28.1 Å². The Balaban J connectivity index is 1.89. The van der Waals surface area contributed by atoms with Crippen molar-refractivity contribution in [3.63, 3.8) is 0 Å². The Morgan fingerprint density at radius 2 is 1.72 bits per heavy atom. The first-order chi connectivity index (χ1) is 15.4. The van der Waals surface area contributed by atoms with E-state index in [9.17, 15) is 9.59 Å². The van der Waals surface area contributed by atoms with Crippen molar-refractivity contribution in [3.05, 3.63) is 52.5 Å². The van der Waals surface area contributed by atoms with Gasteiger partial charge in [-0.15, -0.1) is 0 Å². The molecule has 0 spiro atoms. The van der Waals surface area contributed by atoms with Gasteiger partial charge in [0.25, 0.3) is 5.91 Å². The SMILES string of the molecule is CCCCCCOc1ccc(C(=O)NC(=S)Nc2cccc(NC(=O)CCC)c2)cc1Br. The van der Waals surface area contributed by atoms with Gasteiger partial charge in [-0.2, -0.15) is 0 Å². The summed E-state index contributed by atoms with van der Waals surface area (Å²) in [4.78, 5) is 24.3. The molecule has 0 radical (unpaired) electrons. The van der Waals surface area contributed by atoms with Crippen molar-refractivity contribution in [1.29, 1.82) is 0 Å². The number of nitrogens with one attached hydrogen (secondary N) is 3. The second-order valence-electron chi connectivity index (χ2n) is 7.34. The quantitative estimate of drug-likeness (QED) is 0.240. The van der Waals surface area contributed by atoms with Crippen molar-refractivity contribution in [2.24, 2.45) is 0 Å². The lowest BCUT2D eigenvalue weighted by Crippen LogP contribution is -2.34. The van der Waals surface area contributed by atoms with E-state index in [0.717, 1.165) is 23.7 Å². The molecule has 2 aromatic rings. The molecule has 2 rings (SSSR count). The number of hydrogen-bond acceptors (Lipinski definition) is 4. The van der Waals surface area contributed by atoms with Crippen LogP contribution in [-0.2, 0) is 4.79 Å². The van der Waals surface area contributed by atoms with Gasteiger partial charge < -0.3 is 15.4 Å². The number of ether oxygens (including phenoxy) is 1. The molecule has 172 valence electrons. The fraction of sp³-hybridized carbons (Fsp3) is 0.375. The van der Waals surface area contributed by atoms with Crippen molar-refractivity contribution in [1.82, 2.24) is 5.32 Å². The highest BCUT2D eigenvalue weighted by Gasteiger charge is 2.11. The number of halogens is 1. The molecule has 0 saturated carbocycles. The summed E-state index contributed by atoms with van der Waals surface area (Å²) in [7, 11) is 0. The molecule has 0 atom stereocenters. The van der Waals surface area contributed by atoms with Gasteiger partial charge in [-0.25, -0.2) is 0 Å². The lowest BCUT2D eigenvalue weighted by Gasteiger charge is -2.12. The number of benzene rings is 2. The van der Waals surface area contributed by atoms with Gasteiger partial charge in [0.15, 0.2) is 5.11 Å². The lowest BCUT2D eigenvalue weighted by atomic mass is 10.2. The summed E-state index contributed by atoms with van der Waals surface area (Å²) in [5, 5.41) is 8.64. The monoisotopic (exact) mass is 519 g/mol. The number of carbonyl (C=O) groups excluding carboxylic acids is 2. The largest absolute Gasteiger partial charge is 0.492 e. The van der Waals surface area contributed by atoms with Crippen molar-refractivity contribution in [2.45, 2.75) is 52.4 Å². The van der Waals surface area contributed by atoms with Gasteiger partial charge in [0.2, 0.25) is 5.91 Å². The Morgan fingerprint density at radius 1 is 0.969 bits per heavy atom. The van der Waals surface area contributed by atoms with Crippen LogP contribution in [0.1, 0.15) is 62.7 Å². The summed E-state index contributed by atoms with van der Waals surface area (Å²) in [5.74, 6) is 0.338. The zero-order valence-corrected chi connectivity index (χ0v) is 20.9. The number of amides is 2.